The van der Waals surface area contributed by atoms with Crippen molar-refractivity contribution in [2.24, 2.45) is 5.92 Å². The third-order valence-electron chi connectivity index (χ3n) is 3.83. The van der Waals surface area contributed by atoms with Gasteiger partial charge >= 0.3 is 0 Å². The molecule has 0 aromatic heterocycles. The summed E-state index contributed by atoms with van der Waals surface area (Å²) in [6.07, 6.45) is 5.08. The van der Waals surface area contributed by atoms with Crippen molar-refractivity contribution in [3.05, 3.63) is 23.8 Å². The molecular weight excluding hydrogens is 238 g/mol. The summed E-state index contributed by atoms with van der Waals surface area (Å²) in [5.41, 5.74) is 8.15. The average molecular weight is 261 g/mol. The summed E-state index contributed by atoms with van der Waals surface area (Å²) in [5.74, 6) is 0.790. The lowest BCUT2D eigenvalue weighted by atomic mass is 9.83. The maximum atomic E-state index is 12.0. The van der Waals surface area contributed by atoms with Gasteiger partial charge in [-0.1, -0.05) is 19.3 Å². The first-order valence-corrected chi connectivity index (χ1v) is 6.93. The van der Waals surface area contributed by atoms with Gasteiger partial charge in [0.1, 0.15) is 0 Å². The molecule has 0 aliphatic heterocycles. The van der Waals surface area contributed by atoms with Crippen LogP contribution in [-0.4, -0.2) is 26.5 Å². The molecule has 0 heterocycles. The zero-order chi connectivity index (χ0) is 13.8. The molecule has 3 N–H and O–H groups in total. The molecule has 4 nitrogen and oxygen atoms in total. The van der Waals surface area contributed by atoms with E-state index in [9.17, 15) is 4.79 Å². The molecule has 0 radical (unpaired) electrons. The number of benzene rings is 1. The van der Waals surface area contributed by atoms with E-state index in [1.807, 2.05) is 31.1 Å². The van der Waals surface area contributed by atoms with Gasteiger partial charge < -0.3 is 16.0 Å². The van der Waals surface area contributed by atoms with Gasteiger partial charge in [-0.15, -0.1) is 0 Å². The zero-order valence-corrected chi connectivity index (χ0v) is 11.8. The summed E-state index contributed by atoms with van der Waals surface area (Å²) in [5, 5.41) is 2.97. The van der Waals surface area contributed by atoms with E-state index < -0.39 is 0 Å². The molecule has 1 aromatic carbocycles. The number of carbonyl (C=O) groups excluding carboxylic acids is 1. The number of amides is 1. The van der Waals surface area contributed by atoms with Gasteiger partial charge in [-0.05, 0) is 30.5 Å². The van der Waals surface area contributed by atoms with Crippen LogP contribution in [0, 0.1) is 5.92 Å². The summed E-state index contributed by atoms with van der Waals surface area (Å²) >= 11 is 0. The summed E-state index contributed by atoms with van der Waals surface area (Å²) in [6, 6.07) is 5.45. The van der Waals surface area contributed by atoms with Crippen LogP contribution in [0.1, 0.15) is 36.0 Å². The molecule has 1 amide bonds. The van der Waals surface area contributed by atoms with Crippen molar-refractivity contribution in [3.63, 3.8) is 0 Å². The fraction of sp³-hybridized carbons (Fsp3) is 0.533. The Morgan fingerprint density at radius 2 is 2.16 bits per heavy atom. The molecular formula is C15H23N3O. The highest BCUT2D eigenvalue weighted by Gasteiger charge is 2.17. The van der Waals surface area contributed by atoms with Crippen molar-refractivity contribution in [1.82, 2.24) is 5.32 Å². The Kier molecular flexibility index (Phi) is 4.30. The van der Waals surface area contributed by atoms with E-state index in [1.54, 1.807) is 6.07 Å². The summed E-state index contributed by atoms with van der Waals surface area (Å²) in [4.78, 5) is 13.9. The third kappa shape index (κ3) is 3.40. The molecule has 19 heavy (non-hydrogen) atoms. The number of carbonyl (C=O) groups is 1. The van der Waals surface area contributed by atoms with E-state index in [0.29, 0.717) is 11.3 Å². The Bertz CT molecular complexity index is 453. The van der Waals surface area contributed by atoms with Crippen LogP contribution in [0.25, 0.3) is 0 Å². The van der Waals surface area contributed by atoms with Crippen molar-refractivity contribution in [1.29, 1.82) is 0 Å². The molecule has 4 heteroatoms. The van der Waals surface area contributed by atoms with E-state index in [0.717, 1.165) is 24.6 Å². The molecule has 1 aromatic rings. The SMILES string of the molecule is CN(C)c1ccc(C(=O)NCCC2CCC2)cc1N. The van der Waals surface area contributed by atoms with Crippen molar-refractivity contribution in [2.75, 3.05) is 31.3 Å². The predicted molar refractivity (Wildman–Crippen MR) is 79.5 cm³/mol. The minimum atomic E-state index is -0.0312. The first kappa shape index (κ1) is 13.7. The molecule has 0 atom stereocenters. The highest BCUT2D eigenvalue weighted by Crippen LogP contribution is 2.28. The summed E-state index contributed by atoms with van der Waals surface area (Å²) in [6.45, 7) is 0.763. The van der Waals surface area contributed by atoms with Gasteiger partial charge in [0.25, 0.3) is 5.91 Å². The van der Waals surface area contributed by atoms with E-state index in [-0.39, 0.29) is 5.91 Å². The standard InChI is InChI=1S/C15H23N3O/c1-18(2)14-7-6-12(10-13(14)16)15(19)17-9-8-11-4-3-5-11/h6-7,10-11H,3-5,8-9,16H2,1-2H3,(H,17,19). The van der Waals surface area contributed by atoms with Crippen molar-refractivity contribution in [3.8, 4) is 0 Å². The lowest BCUT2D eigenvalue weighted by Crippen LogP contribution is -2.27. The van der Waals surface area contributed by atoms with Gasteiger partial charge in [-0.3, -0.25) is 4.79 Å². The maximum Gasteiger partial charge on any atom is 0.251 e. The van der Waals surface area contributed by atoms with E-state index in [1.165, 1.54) is 19.3 Å². The Morgan fingerprint density at radius 3 is 2.68 bits per heavy atom. The third-order valence-corrected chi connectivity index (χ3v) is 3.83. The lowest BCUT2D eigenvalue weighted by molar-refractivity contribution is 0.0949. The molecule has 1 fully saturated rings. The molecule has 0 saturated heterocycles. The molecule has 0 unspecified atom stereocenters. The van der Waals surface area contributed by atoms with Crippen LogP contribution >= 0.6 is 0 Å². The Morgan fingerprint density at radius 1 is 1.42 bits per heavy atom. The Hall–Kier alpha value is -1.71. The second kappa shape index (κ2) is 5.95. The molecule has 0 bridgehead atoms. The minimum Gasteiger partial charge on any atom is -0.397 e. The number of hydrogen-bond donors (Lipinski definition) is 2. The van der Waals surface area contributed by atoms with Crippen LogP contribution in [0.3, 0.4) is 0 Å². The predicted octanol–water partition coefficient (Wildman–Crippen LogP) is 2.25. The van der Waals surface area contributed by atoms with E-state index in [2.05, 4.69) is 5.32 Å². The van der Waals surface area contributed by atoms with Crippen LogP contribution in [0.4, 0.5) is 11.4 Å². The Balaban J connectivity index is 1.89. The number of nitrogens with zero attached hydrogens (tertiary/aromatic N) is 1. The van der Waals surface area contributed by atoms with Crippen LogP contribution in [0.15, 0.2) is 18.2 Å². The summed E-state index contributed by atoms with van der Waals surface area (Å²) in [7, 11) is 3.87. The smallest absolute Gasteiger partial charge is 0.251 e. The first-order valence-electron chi connectivity index (χ1n) is 6.93. The highest BCUT2D eigenvalue weighted by atomic mass is 16.1. The van der Waals surface area contributed by atoms with E-state index >= 15 is 0 Å². The van der Waals surface area contributed by atoms with Crippen LogP contribution in [-0.2, 0) is 0 Å². The van der Waals surface area contributed by atoms with Gasteiger partial charge in [-0.25, -0.2) is 0 Å². The topological polar surface area (TPSA) is 58.4 Å². The van der Waals surface area contributed by atoms with Crippen LogP contribution in [0.5, 0.6) is 0 Å². The largest absolute Gasteiger partial charge is 0.397 e. The normalized spacial score (nSPS) is 14.8. The quantitative estimate of drug-likeness (QED) is 0.799. The number of anilines is 2. The molecule has 0 spiro atoms. The first-order chi connectivity index (χ1) is 9.08. The molecule has 1 saturated carbocycles. The van der Waals surface area contributed by atoms with Crippen LogP contribution < -0.4 is 16.0 Å². The highest BCUT2D eigenvalue weighted by molar-refractivity contribution is 5.96. The fourth-order valence-corrected chi connectivity index (χ4v) is 2.38. The lowest BCUT2D eigenvalue weighted by Gasteiger charge is -2.25. The molecule has 1 aliphatic rings. The number of rotatable bonds is 5. The molecule has 1 aliphatic carbocycles. The maximum absolute atomic E-state index is 12.0. The van der Waals surface area contributed by atoms with Gasteiger partial charge in [0.2, 0.25) is 0 Å². The van der Waals surface area contributed by atoms with Crippen molar-refractivity contribution < 1.29 is 4.79 Å². The van der Waals surface area contributed by atoms with Gasteiger partial charge in [-0.2, -0.15) is 0 Å². The molecule has 2 rings (SSSR count). The van der Waals surface area contributed by atoms with Gasteiger partial charge in [0.05, 0.1) is 11.4 Å². The monoisotopic (exact) mass is 261 g/mol. The summed E-state index contributed by atoms with van der Waals surface area (Å²) < 4.78 is 0. The zero-order valence-electron chi connectivity index (χ0n) is 11.8. The Labute approximate surface area is 115 Å². The van der Waals surface area contributed by atoms with Crippen molar-refractivity contribution >= 4 is 17.3 Å². The average Bonchev–Trinajstić information content (AvgIpc) is 2.31. The second-order valence-corrected chi connectivity index (χ2v) is 5.51. The van der Waals surface area contributed by atoms with Crippen LogP contribution in [0.2, 0.25) is 0 Å². The number of nitrogens with one attached hydrogen (secondary N) is 1. The van der Waals surface area contributed by atoms with E-state index in [4.69, 9.17) is 5.73 Å². The van der Waals surface area contributed by atoms with Gasteiger partial charge in [0, 0.05) is 26.2 Å². The number of hydrogen-bond acceptors (Lipinski definition) is 3. The fourth-order valence-electron chi connectivity index (χ4n) is 2.38. The second-order valence-electron chi connectivity index (χ2n) is 5.51. The minimum absolute atomic E-state index is 0.0312. The van der Waals surface area contributed by atoms with Crippen molar-refractivity contribution in [2.45, 2.75) is 25.7 Å². The van der Waals surface area contributed by atoms with Gasteiger partial charge in [0.15, 0.2) is 0 Å². The molecule has 104 valence electrons. The number of nitrogens with two attached hydrogens (primary N) is 1. The number of nitrogen functional groups attached to an aromatic ring is 1.